The van der Waals surface area contributed by atoms with Crippen LogP contribution < -0.4 is 10.2 Å². The maximum atomic E-state index is 12.4. The number of hydrogen-bond acceptors (Lipinski definition) is 6. The maximum absolute atomic E-state index is 12.4. The number of halogens is 1. The quantitative estimate of drug-likeness (QED) is 0.209. The van der Waals surface area contributed by atoms with Crippen LogP contribution in [0.4, 0.5) is 0 Å². The number of aryl methyl sites for hydroxylation is 1. The third kappa shape index (κ3) is 5.84. The summed E-state index contributed by atoms with van der Waals surface area (Å²) in [7, 11) is 1.63. The molecule has 4 rings (SSSR count). The van der Waals surface area contributed by atoms with Crippen LogP contribution in [0.5, 0.6) is 5.75 Å². The minimum Gasteiger partial charge on any atom is -0.497 e. The molecule has 34 heavy (non-hydrogen) atoms. The number of carbonyl (C=O) groups is 1. The summed E-state index contributed by atoms with van der Waals surface area (Å²) in [6.45, 7) is 2.03. The van der Waals surface area contributed by atoms with E-state index in [1.165, 1.54) is 11.8 Å². The first-order valence-electron chi connectivity index (χ1n) is 10.4. The second-order valence-corrected chi connectivity index (χ2v) is 8.72. The van der Waals surface area contributed by atoms with Gasteiger partial charge in [-0.2, -0.15) is 5.10 Å². The van der Waals surface area contributed by atoms with Gasteiger partial charge >= 0.3 is 0 Å². The molecule has 0 atom stereocenters. The molecule has 0 saturated heterocycles. The summed E-state index contributed by atoms with van der Waals surface area (Å²) < 4.78 is 7.20. The SMILES string of the molecule is COc1ccc(-c2nnc(SCC(=O)N/N=C\c3cccc(Cl)c3)n2-c2ccc(C)cc2)cc1. The highest BCUT2D eigenvalue weighted by Gasteiger charge is 2.17. The number of nitrogens with one attached hydrogen (secondary N) is 1. The lowest BCUT2D eigenvalue weighted by atomic mass is 10.2. The first-order valence-corrected chi connectivity index (χ1v) is 11.8. The van der Waals surface area contributed by atoms with Crippen LogP contribution in [0.1, 0.15) is 11.1 Å². The lowest BCUT2D eigenvalue weighted by Gasteiger charge is -2.11. The molecule has 1 amide bonds. The van der Waals surface area contributed by atoms with Crippen LogP contribution in [0.3, 0.4) is 0 Å². The molecule has 0 bridgehead atoms. The molecule has 7 nitrogen and oxygen atoms in total. The number of aromatic nitrogens is 3. The second-order valence-electron chi connectivity index (χ2n) is 7.34. The van der Waals surface area contributed by atoms with Gasteiger partial charge in [-0.05, 0) is 61.0 Å². The minimum atomic E-state index is -0.257. The van der Waals surface area contributed by atoms with E-state index in [1.807, 2.05) is 72.2 Å². The second kappa shape index (κ2) is 11.0. The summed E-state index contributed by atoms with van der Waals surface area (Å²) in [5.41, 5.74) is 6.27. The summed E-state index contributed by atoms with van der Waals surface area (Å²) in [5, 5.41) is 14.0. The highest BCUT2D eigenvalue weighted by atomic mass is 35.5. The smallest absolute Gasteiger partial charge is 0.250 e. The molecular formula is C25H22ClN5O2S. The zero-order valence-corrected chi connectivity index (χ0v) is 20.2. The van der Waals surface area contributed by atoms with Crippen molar-refractivity contribution in [2.24, 2.45) is 5.10 Å². The molecule has 0 radical (unpaired) electrons. The fourth-order valence-corrected chi connectivity index (χ4v) is 4.09. The van der Waals surface area contributed by atoms with Gasteiger partial charge in [0, 0.05) is 16.3 Å². The zero-order valence-electron chi connectivity index (χ0n) is 18.6. The van der Waals surface area contributed by atoms with Crippen molar-refractivity contribution < 1.29 is 9.53 Å². The molecule has 0 aliphatic heterocycles. The molecule has 3 aromatic carbocycles. The van der Waals surface area contributed by atoms with Crippen molar-refractivity contribution in [1.82, 2.24) is 20.2 Å². The highest BCUT2D eigenvalue weighted by Crippen LogP contribution is 2.29. The van der Waals surface area contributed by atoms with Crippen molar-refractivity contribution in [2.75, 3.05) is 12.9 Å². The lowest BCUT2D eigenvalue weighted by molar-refractivity contribution is -0.118. The van der Waals surface area contributed by atoms with Crippen molar-refractivity contribution in [2.45, 2.75) is 12.1 Å². The van der Waals surface area contributed by atoms with E-state index >= 15 is 0 Å². The molecule has 9 heteroatoms. The van der Waals surface area contributed by atoms with Crippen molar-refractivity contribution in [3.63, 3.8) is 0 Å². The van der Waals surface area contributed by atoms with E-state index in [0.29, 0.717) is 16.0 Å². The predicted octanol–water partition coefficient (Wildman–Crippen LogP) is 5.15. The Balaban J connectivity index is 1.52. The van der Waals surface area contributed by atoms with Gasteiger partial charge in [-0.15, -0.1) is 10.2 Å². The number of thioether (sulfide) groups is 1. The van der Waals surface area contributed by atoms with Gasteiger partial charge in [0.2, 0.25) is 0 Å². The average Bonchev–Trinajstić information content (AvgIpc) is 3.27. The lowest BCUT2D eigenvalue weighted by Crippen LogP contribution is -2.20. The van der Waals surface area contributed by atoms with Gasteiger partial charge < -0.3 is 4.74 Å². The molecule has 0 spiro atoms. The number of methoxy groups -OCH3 is 1. The van der Waals surface area contributed by atoms with E-state index in [1.54, 1.807) is 25.5 Å². The average molecular weight is 492 g/mol. The number of hydrogen-bond donors (Lipinski definition) is 1. The van der Waals surface area contributed by atoms with E-state index < -0.39 is 0 Å². The standard InChI is InChI=1S/C25H22ClN5O2S/c1-17-6-10-21(11-7-17)31-24(19-8-12-22(33-2)13-9-19)29-30-25(31)34-16-23(32)28-27-15-18-4-3-5-20(26)14-18/h3-15H,16H2,1-2H3,(H,28,32)/b27-15-. The van der Waals surface area contributed by atoms with Crippen LogP contribution in [0, 0.1) is 6.92 Å². The van der Waals surface area contributed by atoms with Crippen molar-refractivity contribution in [3.8, 4) is 22.8 Å². The zero-order chi connectivity index (χ0) is 23.9. The van der Waals surface area contributed by atoms with Crippen LogP contribution in [-0.4, -0.2) is 39.7 Å². The van der Waals surface area contributed by atoms with Gasteiger partial charge in [0.1, 0.15) is 5.75 Å². The summed E-state index contributed by atoms with van der Waals surface area (Å²) in [6.07, 6.45) is 1.55. The van der Waals surface area contributed by atoms with E-state index in [2.05, 4.69) is 20.7 Å². The van der Waals surface area contributed by atoms with Gasteiger partial charge in [0.15, 0.2) is 11.0 Å². The summed E-state index contributed by atoms with van der Waals surface area (Å²) in [4.78, 5) is 12.4. The topological polar surface area (TPSA) is 81.4 Å². The Bertz CT molecular complexity index is 1300. The monoisotopic (exact) mass is 491 g/mol. The molecule has 0 aliphatic carbocycles. The van der Waals surface area contributed by atoms with Gasteiger partial charge in [0.25, 0.3) is 5.91 Å². The molecule has 1 N–H and O–H groups in total. The molecule has 4 aromatic rings. The van der Waals surface area contributed by atoms with Crippen LogP contribution in [0.2, 0.25) is 5.02 Å². The third-order valence-corrected chi connectivity index (χ3v) is 6.02. The Labute approximate surface area is 206 Å². The molecule has 0 fully saturated rings. The van der Waals surface area contributed by atoms with Gasteiger partial charge in [-0.25, -0.2) is 5.43 Å². The predicted molar refractivity (Wildman–Crippen MR) is 136 cm³/mol. The van der Waals surface area contributed by atoms with Crippen molar-refractivity contribution >= 4 is 35.5 Å². The Kier molecular flexibility index (Phi) is 7.61. The van der Waals surface area contributed by atoms with E-state index in [4.69, 9.17) is 16.3 Å². The molecule has 1 aromatic heterocycles. The molecule has 0 aliphatic rings. The first-order chi connectivity index (χ1) is 16.5. The van der Waals surface area contributed by atoms with Crippen molar-refractivity contribution in [3.05, 3.63) is 88.9 Å². The summed E-state index contributed by atoms with van der Waals surface area (Å²) in [6, 6.07) is 22.9. The summed E-state index contributed by atoms with van der Waals surface area (Å²) in [5.74, 6) is 1.30. The minimum absolute atomic E-state index is 0.124. The Hall–Kier alpha value is -3.62. The van der Waals surface area contributed by atoms with Gasteiger partial charge in [-0.3, -0.25) is 9.36 Å². The number of hydrazone groups is 1. The van der Waals surface area contributed by atoms with Gasteiger partial charge in [0.05, 0.1) is 19.1 Å². The number of carbonyl (C=O) groups excluding carboxylic acids is 1. The normalized spacial score (nSPS) is 11.0. The maximum Gasteiger partial charge on any atom is 0.250 e. The number of rotatable bonds is 8. The Morgan fingerprint density at radius 2 is 1.88 bits per heavy atom. The number of nitrogens with zero attached hydrogens (tertiary/aromatic N) is 4. The van der Waals surface area contributed by atoms with Crippen molar-refractivity contribution in [1.29, 1.82) is 0 Å². The number of amides is 1. The largest absolute Gasteiger partial charge is 0.497 e. The van der Waals surface area contributed by atoms with E-state index in [9.17, 15) is 4.79 Å². The van der Waals surface area contributed by atoms with Crippen LogP contribution in [0.15, 0.2) is 83.1 Å². The molecular weight excluding hydrogens is 470 g/mol. The fraction of sp³-hybridized carbons (Fsp3) is 0.120. The Morgan fingerprint density at radius 1 is 1.12 bits per heavy atom. The number of ether oxygens (including phenoxy) is 1. The highest BCUT2D eigenvalue weighted by molar-refractivity contribution is 7.99. The molecule has 0 unspecified atom stereocenters. The van der Waals surface area contributed by atoms with Crippen LogP contribution in [-0.2, 0) is 4.79 Å². The Morgan fingerprint density at radius 3 is 2.59 bits per heavy atom. The molecule has 1 heterocycles. The van der Waals surface area contributed by atoms with E-state index in [0.717, 1.165) is 28.1 Å². The third-order valence-electron chi connectivity index (χ3n) is 4.86. The fourth-order valence-electron chi connectivity index (χ4n) is 3.15. The number of benzene rings is 3. The molecule has 0 saturated carbocycles. The molecule has 172 valence electrons. The van der Waals surface area contributed by atoms with Gasteiger partial charge in [-0.1, -0.05) is 53.2 Å². The van der Waals surface area contributed by atoms with Crippen LogP contribution in [0.25, 0.3) is 17.1 Å². The van der Waals surface area contributed by atoms with E-state index in [-0.39, 0.29) is 11.7 Å². The van der Waals surface area contributed by atoms with Crippen LogP contribution >= 0.6 is 23.4 Å². The summed E-state index contributed by atoms with van der Waals surface area (Å²) >= 11 is 7.25. The first kappa shape index (κ1) is 23.5.